The van der Waals surface area contributed by atoms with Crippen molar-refractivity contribution >= 4 is 67.2 Å². The summed E-state index contributed by atoms with van der Waals surface area (Å²) in [6, 6.07) is 11.2. The number of sulfonamides is 1. The molecule has 0 aliphatic carbocycles. The van der Waals surface area contributed by atoms with E-state index in [0.29, 0.717) is 44.3 Å². The maximum absolute atomic E-state index is 12.8. The van der Waals surface area contributed by atoms with Crippen molar-refractivity contribution in [1.82, 2.24) is 9.29 Å². The zero-order valence-electron chi connectivity index (χ0n) is 16.6. The third-order valence-corrected chi connectivity index (χ3v) is 8.70. The van der Waals surface area contributed by atoms with Crippen molar-refractivity contribution in [2.24, 2.45) is 5.92 Å². The van der Waals surface area contributed by atoms with Crippen LogP contribution in [0.15, 0.2) is 52.7 Å². The van der Waals surface area contributed by atoms with Crippen molar-refractivity contribution in [2.45, 2.75) is 17.7 Å². The summed E-state index contributed by atoms with van der Waals surface area (Å²) < 4.78 is 27.0. The first-order chi connectivity index (χ1) is 15.2. The summed E-state index contributed by atoms with van der Waals surface area (Å²) in [5.41, 5.74) is 1.32. The highest BCUT2D eigenvalue weighted by Gasteiger charge is 2.32. The smallest absolute Gasteiger partial charge is 0.243 e. The molecule has 1 amide bonds. The number of anilines is 1. The van der Waals surface area contributed by atoms with Crippen LogP contribution in [0, 0.1) is 5.92 Å². The lowest BCUT2D eigenvalue weighted by Gasteiger charge is -2.30. The van der Waals surface area contributed by atoms with Crippen molar-refractivity contribution in [3.05, 3.63) is 62.9 Å². The van der Waals surface area contributed by atoms with Gasteiger partial charge in [0.25, 0.3) is 0 Å². The van der Waals surface area contributed by atoms with Crippen LogP contribution in [0.3, 0.4) is 0 Å². The van der Waals surface area contributed by atoms with Crippen LogP contribution in [0.5, 0.6) is 0 Å². The first-order valence-electron chi connectivity index (χ1n) is 9.71. The average Bonchev–Trinajstić information content (AvgIpc) is 3.24. The number of rotatable bonds is 5. The molecule has 1 aliphatic rings. The second-order valence-electron chi connectivity index (χ2n) is 7.28. The Bertz CT molecular complexity index is 1240. The van der Waals surface area contributed by atoms with Crippen molar-refractivity contribution in [1.29, 1.82) is 0 Å². The predicted octanol–water partition coefficient (Wildman–Crippen LogP) is 5.81. The van der Waals surface area contributed by atoms with Crippen LogP contribution in [-0.2, 0) is 14.8 Å². The Labute approximate surface area is 205 Å². The van der Waals surface area contributed by atoms with Gasteiger partial charge in [0, 0.05) is 40.0 Å². The van der Waals surface area contributed by atoms with E-state index < -0.39 is 10.0 Å². The average molecular weight is 531 g/mol. The number of piperidine rings is 1. The Hall–Kier alpha value is -1.68. The van der Waals surface area contributed by atoms with E-state index >= 15 is 0 Å². The number of hydrogen-bond donors (Lipinski definition) is 1. The van der Waals surface area contributed by atoms with Gasteiger partial charge in [0.1, 0.15) is 0 Å². The van der Waals surface area contributed by atoms with Crippen molar-refractivity contribution < 1.29 is 13.2 Å². The summed E-state index contributed by atoms with van der Waals surface area (Å²) >= 11 is 19.4. The molecular weight excluding hydrogens is 513 g/mol. The highest BCUT2D eigenvalue weighted by Crippen LogP contribution is 2.33. The lowest BCUT2D eigenvalue weighted by molar-refractivity contribution is -0.120. The number of carbonyl (C=O) groups is 1. The van der Waals surface area contributed by atoms with Gasteiger partial charge in [-0.05, 0) is 55.3 Å². The van der Waals surface area contributed by atoms with Gasteiger partial charge in [-0.25, -0.2) is 13.4 Å². The largest absolute Gasteiger partial charge is 0.302 e. The minimum absolute atomic E-state index is 0.174. The Morgan fingerprint density at radius 3 is 2.38 bits per heavy atom. The zero-order chi connectivity index (χ0) is 22.9. The minimum atomic E-state index is -3.61. The highest BCUT2D eigenvalue weighted by molar-refractivity contribution is 7.89. The molecule has 0 unspecified atom stereocenters. The number of amides is 1. The maximum atomic E-state index is 12.8. The van der Waals surface area contributed by atoms with E-state index in [4.69, 9.17) is 34.8 Å². The number of hydrogen-bond acceptors (Lipinski definition) is 5. The number of thiazole rings is 1. The zero-order valence-corrected chi connectivity index (χ0v) is 20.5. The Kier molecular flexibility index (Phi) is 7.09. The number of aromatic nitrogens is 1. The molecule has 0 bridgehead atoms. The quantitative estimate of drug-likeness (QED) is 0.451. The first kappa shape index (κ1) is 23.5. The topological polar surface area (TPSA) is 79.4 Å². The monoisotopic (exact) mass is 529 g/mol. The van der Waals surface area contributed by atoms with E-state index in [1.165, 1.54) is 27.8 Å². The molecule has 0 spiro atoms. The van der Waals surface area contributed by atoms with Crippen LogP contribution in [0.1, 0.15) is 12.8 Å². The van der Waals surface area contributed by atoms with Gasteiger partial charge in [-0.2, -0.15) is 4.31 Å². The van der Waals surface area contributed by atoms with Crippen molar-refractivity contribution in [3.63, 3.8) is 0 Å². The molecule has 2 aromatic carbocycles. The fourth-order valence-electron chi connectivity index (χ4n) is 3.47. The van der Waals surface area contributed by atoms with Gasteiger partial charge >= 0.3 is 0 Å². The number of carbonyl (C=O) groups excluding carboxylic acids is 1. The Balaban J connectivity index is 1.38. The molecule has 0 saturated carbocycles. The molecule has 0 atom stereocenters. The van der Waals surface area contributed by atoms with Gasteiger partial charge in [0.05, 0.1) is 15.6 Å². The third-order valence-electron chi connectivity index (χ3n) is 5.21. The minimum Gasteiger partial charge on any atom is -0.302 e. The summed E-state index contributed by atoms with van der Waals surface area (Å²) in [4.78, 5) is 17.4. The maximum Gasteiger partial charge on any atom is 0.243 e. The van der Waals surface area contributed by atoms with E-state index in [0.717, 1.165) is 0 Å². The van der Waals surface area contributed by atoms with Crippen LogP contribution >= 0.6 is 46.1 Å². The van der Waals surface area contributed by atoms with Crippen molar-refractivity contribution in [2.75, 3.05) is 18.4 Å². The lowest BCUT2D eigenvalue weighted by Crippen LogP contribution is -2.41. The molecule has 6 nitrogen and oxygen atoms in total. The molecular formula is C21H18Cl3N3O3S2. The molecule has 1 saturated heterocycles. The summed E-state index contributed by atoms with van der Waals surface area (Å²) in [5, 5.41) is 6.63. The molecule has 32 heavy (non-hydrogen) atoms. The van der Waals surface area contributed by atoms with Crippen LogP contribution in [0.25, 0.3) is 11.3 Å². The van der Waals surface area contributed by atoms with Crippen LogP contribution in [0.4, 0.5) is 5.13 Å². The van der Waals surface area contributed by atoms with Crippen molar-refractivity contribution in [3.8, 4) is 11.3 Å². The number of nitrogens with zero attached hydrogens (tertiary/aromatic N) is 2. The third kappa shape index (κ3) is 5.11. The lowest BCUT2D eigenvalue weighted by atomic mass is 9.97. The second kappa shape index (κ2) is 9.67. The summed E-state index contributed by atoms with van der Waals surface area (Å²) in [7, 11) is -3.61. The molecule has 1 fully saturated rings. The molecule has 11 heteroatoms. The molecule has 2 heterocycles. The first-order valence-corrected chi connectivity index (χ1v) is 13.2. The standard InChI is InChI=1S/C21H18Cl3N3O3S2/c22-14-1-4-16(5-2-14)32(29,30)27-9-7-13(8-10-27)20(28)26-21-25-19(12-31-21)17-11-15(23)3-6-18(17)24/h1-6,11-13H,7-10H2,(H,25,26,28). The Morgan fingerprint density at radius 1 is 1.03 bits per heavy atom. The molecule has 1 aliphatic heterocycles. The fourth-order valence-corrected chi connectivity index (χ4v) is 6.17. The van der Waals surface area contributed by atoms with E-state index in [1.807, 2.05) is 0 Å². The van der Waals surface area contributed by atoms with E-state index in [9.17, 15) is 13.2 Å². The van der Waals surface area contributed by atoms with Crippen LogP contribution in [-0.4, -0.2) is 36.7 Å². The normalized spacial score (nSPS) is 15.6. The van der Waals surface area contributed by atoms with Gasteiger partial charge in [-0.15, -0.1) is 11.3 Å². The number of benzene rings is 2. The second-order valence-corrected chi connectivity index (χ2v) is 11.4. The predicted molar refractivity (Wildman–Crippen MR) is 129 cm³/mol. The SMILES string of the molecule is O=C(Nc1nc(-c2cc(Cl)ccc2Cl)cs1)C1CCN(S(=O)(=O)c2ccc(Cl)cc2)CC1. The Morgan fingerprint density at radius 2 is 1.69 bits per heavy atom. The number of nitrogens with one attached hydrogen (secondary N) is 1. The summed E-state index contributed by atoms with van der Waals surface area (Å²) in [5.74, 6) is -0.472. The van der Waals surface area contributed by atoms with E-state index in [1.54, 1.807) is 35.7 Å². The van der Waals surface area contributed by atoms with E-state index in [2.05, 4.69) is 10.3 Å². The number of halogens is 3. The molecule has 168 valence electrons. The summed E-state index contributed by atoms with van der Waals surface area (Å²) in [6.45, 7) is 0.536. The van der Waals surface area contributed by atoms with Gasteiger partial charge in [0.2, 0.25) is 15.9 Å². The molecule has 0 radical (unpaired) electrons. The van der Waals surface area contributed by atoms with Gasteiger partial charge in [0.15, 0.2) is 5.13 Å². The van der Waals surface area contributed by atoms with Gasteiger partial charge in [-0.3, -0.25) is 4.79 Å². The van der Waals surface area contributed by atoms with Crippen LogP contribution in [0.2, 0.25) is 15.1 Å². The molecule has 3 aromatic rings. The highest BCUT2D eigenvalue weighted by atomic mass is 35.5. The van der Waals surface area contributed by atoms with Gasteiger partial charge in [-0.1, -0.05) is 34.8 Å². The molecule has 1 aromatic heterocycles. The van der Waals surface area contributed by atoms with E-state index in [-0.39, 0.29) is 29.8 Å². The molecule has 1 N–H and O–H groups in total. The summed E-state index contributed by atoms with van der Waals surface area (Å²) in [6.07, 6.45) is 0.855. The fraction of sp³-hybridized carbons (Fsp3) is 0.238. The van der Waals surface area contributed by atoms with Crippen LogP contribution < -0.4 is 5.32 Å². The molecule has 4 rings (SSSR count). The van der Waals surface area contributed by atoms with Gasteiger partial charge < -0.3 is 5.32 Å².